The summed E-state index contributed by atoms with van der Waals surface area (Å²) >= 11 is 0. The molecule has 11 heteroatoms. The molecule has 1 aliphatic rings. The summed E-state index contributed by atoms with van der Waals surface area (Å²) in [6.07, 6.45) is 1.42. The molecule has 0 spiro atoms. The Morgan fingerprint density at radius 1 is 1.05 bits per heavy atom. The van der Waals surface area contributed by atoms with Crippen LogP contribution in [0.25, 0.3) is 5.69 Å². The molecule has 0 aliphatic carbocycles. The number of anilines is 1. The summed E-state index contributed by atoms with van der Waals surface area (Å²) < 4.78 is 7.36. The minimum absolute atomic E-state index is 0.414. The number of urea groups is 1. The molecule has 0 bridgehead atoms. The van der Waals surface area contributed by atoms with Gasteiger partial charge in [0, 0.05) is 0 Å². The van der Waals surface area contributed by atoms with Crippen LogP contribution in [0.5, 0.6) is 11.5 Å². The fraction of sp³-hybridized carbons (Fsp3) is 0.154. The van der Waals surface area contributed by atoms with Crippen molar-refractivity contribution < 1.29 is 19.1 Å². The number of ether oxygens (including phenoxy) is 1. The number of hydrogen-bond acceptors (Lipinski definition) is 7. The molecule has 1 atom stereocenters. The maximum absolute atomic E-state index is 13.4. The first-order valence-corrected chi connectivity index (χ1v) is 11.4. The van der Waals surface area contributed by atoms with Crippen molar-refractivity contribution >= 4 is 23.5 Å². The summed E-state index contributed by atoms with van der Waals surface area (Å²) in [6.45, 7) is 3.10. The molecule has 1 aromatic heterocycles. The first kappa shape index (κ1) is 23.7. The fourth-order valence-corrected chi connectivity index (χ4v) is 4.00. The minimum Gasteiger partial charge on any atom is -0.455 e. The highest BCUT2D eigenvalue weighted by Gasteiger charge is 2.49. The first-order chi connectivity index (χ1) is 17.8. The highest BCUT2D eigenvalue weighted by atomic mass is 16.5. The van der Waals surface area contributed by atoms with Crippen LogP contribution in [-0.2, 0) is 15.1 Å². The molecule has 1 aliphatic heterocycles. The van der Waals surface area contributed by atoms with E-state index >= 15 is 0 Å². The standard InChI is InChI=1S/C26H23N7O4/c1-17-10-12-20(13-11-17)37-22-9-4-3-8-21(22)28-23(34)15-32-24(35)26(2,29-25(32)36)18-6-5-7-19(14-18)33-16-27-30-31-33/h3-14,16H,15H2,1-2H3,(H,28,34)(H,29,36). The van der Waals surface area contributed by atoms with E-state index in [1.165, 1.54) is 11.0 Å². The van der Waals surface area contributed by atoms with E-state index < -0.39 is 29.9 Å². The van der Waals surface area contributed by atoms with E-state index in [1.54, 1.807) is 55.5 Å². The van der Waals surface area contributed by atoms with Gasteiger partial charge in [0.2, 0.25) is 5.91 Å². The van der Waals surface area contributed by atoms with Crippen LogP contribution < -0.4 is 15.4 Å². The van der Waals surface area contributed by atoms with E-state index in [4.69, 9.17) is 4.74 Å². The summed E-state index contributed by atoms with van der Waals surface area (Å²) in [7, 11) is 0. The number of carbonyl (C=O) groups is 3. The summed E-state index contributed by atoms with van der Waals surface area (Å²) in [5.74, 6) is -0.0527. The van der Waals surface area contributed by atoms with Gasteiger partial charge in [-0.25, -0.2) is 9.48 Å². The zero-order valence-electron chi connectivity index (χ0n) is 20.1. The van der Waals surface area contributed by atoms with Crippen LogP contribution in [0.1, 0.15) is 18.1 Å². The topological polar surface area (TPSA) is 131 Å². The SMILES string of the molecule is Cc1ccc(Oc2ccccc2NC(=O)CN2C(=O)NC(C)(c3cccc(-n4cnnn4)c3)C2=O)cc1. The molecule has 2 heterocycles. The third-order valence-corrected chi connectivity index (χ3v) is 6.02. The van der Waals surface area contributed by atoms with Gasteiger partial charge < -0.3 is 15.4 Å². The van der Waals surface area contributed by atoms with E-state index in [1.807, 2.05) is 31.2 Å². The average molecular weight is 498 g/mol. The predicted molar refractivity (Wildman–Crippen MR) is 133 cm³/mol. The highest BCUT2D eigenvalue weighted by Crippen LogP contribution is 2.31. The van der Waals surface area contributed by atoms with Gasteiger partial charge in [-0.2, -0.15) is 0 Å². The van der Waals surface area contributed by atoms with Crippen LogP contribution in [0.4, 0.5) is 10.5 Å². The molecule has 11 nitrogen and oxygen atoms in total. The van der Waals surface area contributed by atoms with E-state index in [0.717, 1.165) is 10.5 Å². The number of imide groups is 1. The minimum atomic E-state index is -1.37. The molecule has 0 radical (unpaired) electrons. The Bertz CT molecular complexity index is 1470. The average Bonchev–Trinajstić information content (AvgIpc) is 3.51. The van der Waals surface area contributed by atoms with Gasteiger partial charge in [0.25, 0.3) is 5.91 Å². The van der Waals surface area contributed by atoms with Gasteiger partial charge in [-0.1, -0.05) is 42.0 Å². The van der Waals surface area contributed by atoms with Crippen LogP contribution in [0.3, 0.4) is 0 Å². The van der Waals surface area contributed by atoms with Crippen LogP contribution >= 0.6 is 0 Å². The van der Waals surface area contributed by atoms with Crippen molar-refractivity contribution in [1.82, 2.24) is 30.4 Å². The molecule has 37 heavy (non-hydrogen) atoms. The van der Waals surface area contributed by atoms with Gasteiger partial charge in [-0.3, -0.25) is 14.5 Å². The molecule has 186 valence electrons. The Balaban J connectivity index is 1.31. The molecule has 2 N–H and O–H groups in total. The van der Waals surface area contributed by atoms with E-state index in [-0.39, 0.29) is 0 Å². The molecule has 3 aromatic carbocycles. The second-order valence-corrected chi connectivity index (χ2v) is 8.71. The third kappa shape index (κ3) is 4.74. The quantitative estimate of drug-likeness (QED) is 0.375. The smallest absolute Gasteiger partial charge is 0.325 e. The number of benzene rings is 3. The first-order valence-electron chi connectivity index (χ1n) is 11.4. The summed E-state index contributed by atoms with van der Waals surface area (Å²) in [4.78, 5) is 39.9. The number of para-hydroxylation sites is 2. The lowest BCUT2D eigenvalue weighted by atomic mass is 9.91. The number of hydrogen-bond donors (Lipinski definition) is 2. The molecule has 1 saturated heterocycles. The van der Waals surface area contributed by atoms with E-state index in [2.05, 4.69) is 26.2 Å². The number of rotatable bonds is 7. The van der Waals surface area contributed by atoms with Gasteiger partial charge in [0.15, 0.2) is 5.75 Å². The fourth-order valence-electron chi connectivity index (χ4n) is 4.00. The maximum Gasteiger partial charge on any atom is 0.325 e. The van der Waals surface area contributed by atoms with Crippen molar-refractivity contribution in [2.24, 2.45) is 0 Å². The van der Waals surface area contributed by atoms with Crippen molar-refractivity contribution in [2.45, 2.75) is 19.4 Å². The van der Waals surface area contributed by atoms with Crippen molar-refractivity contribution in [1.29, 1.82) is 0 Å². The molecule has 1 unspecified atom stereocenters. The second-order valence-electron chi connectivity index (χ2n) is 8.71. The Morgan fingerprint density at radius 2 is 1.84 bits per heavy atom. The lowest BCUT2D eigenvalue weighted by molar-refractivity contribution is -0.133. The molecule has 4 amide bonds. The van der Waals surface area contributed by atoms with Gasteiger partial charge in [-0.05, 0) is 66.2 Å². The Labute approximate surface area is 212 Å². The van der Waals surface area contributed by atoms with Crippen molar-refractivity contribution in [2.75, 3.05) is 11.9 Å². The predicted octanol–water partition coefficient (Wildman–Crippen LogP) is 3.17. The highest BCUT2D eigenvalue weighted by molar-refractivity contribution is 6.10. The monoisotopic (exact) mass is 497 g/mol. The number of tetrazole rings is 1. The molecule has 1 fully saturated rings. The number of nitrogens with one attached hydrogen (secondary N) is 2. The largest absolute Gasteiger partial charge is 0.455 e. The van der Waals surface area contributed by atoms with Gasteiger partial charge in [0.1, 0.15) is 24.2 Å². The number of carbonyl (C=O) groups excluding carboxylic acids is 3. The number of nitrogens with zero attached hydrogens (tertiary/aromatic N) is 5. The molecule has 0 saturated carbocycles. The van der Waals surface area contributed by atoms with Crippen molar-refractivity contribution in [3.05, 3.63) is 90.3 Å². The molecular formula is C26H23N7O4. The van der Waals surface area contributed by atoms with Crippen molar-refractivity contribution in [3.8, 4) is 17.2 Å². The Morgan fingerprint density at radius 3 is 2.59 bits per heavy atom. The second kappa shape index (κ2) is 9.53. The lowest BCUT2D eigenvalue weighted by Gasteiger charge is -2.22. The lowest BCUT2D eigenvalue weighted by Crippen LogP contribution is -2.42. The van der Waals surface area contributed by atoms with Gasteiger partial charge >= 0.3 is 6.03 Å². The maximum atomic E-state index is 13.4. The summed E-state index contributed by atoms with van der Waals surface area (Å²) in [5.41, 5.74) is 1.29. The molecular weight excluding hydrogens is 474 g/mol. The van der Waals surface area contributed by atoms with Crippen LogP contribution in [0, 0.1) is 6.92 Å². The molecule has 5 rings (SSSR count). The van der Waals surface area contributed by atoms with E-state index in [0.29, 0.717) is 28.4 Å². The number of aryl methyl sites for hydroxylation is 1. The normalized spacial score (nSPS) is 17.0. The van der Waals surface area contributed by atoms with Crippen molar-refractivity contribution in [3.63, 3.8) is 0 Å². The Kier molecular flexibility index (Phi) is 6.10. The van der Waals surface area contributed by atoms with Crippen LogP contribution in [-0.4, -0.2) is 49.5 Å². The third-order valence-electron chi connectivity index (χ3n) is 6.02. The number of amides is 4. The van der Waals surface area contributed by atoms with E-state index in [9.17, 15) is 14.4 Å². The van der Waals surface area contributed by atoms with Gasteiger partial charge in [-0.15, -0.1) is 5.10 Å². The number of aromatic nitrogens is 4. The van der Waals surface area contributed by atoms with Crippen LogP contribution in [0.15, 0.2) is 79.1 Å². The zero-order chi connectivity index (χ0) is 26.0. The zero-order valence-corrected chi connectivity index (χ0v) is 20.1. The summed E-state index contributed by atoms with van der Waals surface area (Å²) in [6, 6.07) is 20.7. The summed E-state index contributed by atoms with van der Waals surface area (Å²) in [5, 5.41) is 16.5. The van der Waals surface area contributed by atoms with Gasteiger partial charge in [0.05, 0.1) is 11.4 Å². The Hall–Kier alpha value is -5.06. The van der Waals surface area contributed by atoms with Crippen LogP contribution in [0.2, 0.25) is 0 Å². The molecule has 4 aromatic rings.